The number of ether oxygens (including phenoxy) is 4. The first-order valence-electron chi connectivity index (χ1n) is 34.5. The first kappa shape index (κ1) is 76.8. The minimum absolute atomic E-state index is 0.177. The van der Waals surface area contributed by atoms with Crippen LogP contribution >= 0.6 is 0 Å². The number of esters is 2. The summed E-state index contributed by atoms with van der Waals surface area (Å²) in [6.45, 7) is 4.93. The van der Waals surface area contributed by atoms with Gasteiger partial charge in [0.2, 0.25) is 0 Å². The van der Waals surface area contributed by atoms with E-state index >= 15 is 0 Å². The molecule has 9 nitrogen and oxygen atoms in total. The number of nitrogens with zero attached hydrogens (tertiary/aromatic N) is 1. The van der Waals surface area contributed by atoms with Gasteiger partial charge in [0.05, 0.1) is 34.4 Å². The van der Waals surface area contributed by atoms with Gasteiger partial charge in [-0.2, -0.15) is 0 Å². The van der Waals surface area contributed by atoms with Gasteiger partial charge in [-0.25, -0.2) is 4.79 Å². The van der Waals surface area contributed by atoms with Gasteiger partial charge < -0.3 is 28.5 Å². The molecule has 0 fully saturated rings. The monoisotopic (exact) mass is 1120 g/mol. The Bertz CT molecular complexity index is 1340. The van der Waals surface area contributed by atoms with E-state index in [1.807, 2.05) is 21.1 Å². The van der Waals surface area contributed by atoms with Gasteiger partial charge in [0.25, 0.3) is 6.29 Å². The molecule has 0 saturated carbocycles. The number of unbranched alkanes of at least 4 members (excludes halogenated alkanes) is 46. The maximum absolute atomic E-state index is 12.9. The van der Waals surface area contributed by atoms with Crippen molar-refractivity contribution in [1.82, 2.24) is 0 Å². The molecule has 0 saturated heterocycles. The average molecular weight is 1120 g/mol. The van der Waals surface area contributed by atoms with Crippen LogP contribution in [-0.2, 0) is 33.3 Å². The summed E-state index contributed by atoms with van der Waals surface area (Å²) in [4.78, 5) is 37.5. The fraction of sp³-hybridized carbons (Fsp3) is 0.900. The number of allylic oxidation sites excluding steroid dienone is 4. The molecule has 466 valence electrons. The number of quaternary nitrogens is 1. The average Bonchev–Trinajstić information content (AvgIpc) is 3.42. The Morgan fingerprint density at radius 3 is 0.937 bits per heavy atom. The van der Waals surface area contributed by atoms with Gasteiger partial charge in [-0.1, -0.05) is 295 Å². The van der Waals surface area contributed by atoms with E-state index in [1.165, 1.54) is 283 Å². The Morgan fingerprint density at radius 1 is 0.367 bits per heavy atom. The maximum Gasteiger partial charge on any atom is 0.361 e. The quantitative estimate of drug-likeness (QED) is 0.0211. The summed E-state index contributed by atoms with van der Waals surface area (Å²) in [5, 5.41) is 9.73. The first-order chi connectivity index (χ1) is 38.6. The molecule has 0 aromatic heterocycles. The van der Waals surface area contributed by atoms with E-state index in [-0.39, 0.29) is 38.2 Å². The highest BCUT2D eigenvalue weighted by Crippen LogP contribution is 2.18. The van der Waals surface area contributed by atoms with Crippen LogP contribution in [0.1, 0.15) is 348 Å². The van der Waals surface area contributed by atoms with Crippen LogP contribution in [0.25, 0.3) is 0 Å². The zero-order valence-electron chi connectivity index (χ0n) is 53.3. The van der Waals surface area contributed by atoms with Crippen molar-refractivity contribution in [3.8, 4) is 0 Å². The van der Waals surface area contributed by atoms with Crippen molar-refractivity contribution < 1.29 is 42.9 Å². The lowest BCUT2D eigenvalue weighted by Gasteiger charge is -2.25. The minimum Gasteiger partial charge on any atom is -0.477 e. The summed E-state index contributed by atoms with van der Waals surface area (Å²) in [5.41, 5.74) is 0. The molecule has 2 atom stereocenters. The van der Waals surface area contributed by atoms with Crippen LogP contribution in [0.2, 0.25) is 0 Å². The number of hydrogen-bond acceptors (Lipinski definition) is 7. The molecule has 0 aliphatic heterocycles. The second kappa shape index (κ2) is 61.8. The molecule has 9 heteroatoms. The molecule has 0 bridgehead atoms. The molecule has 0 rings (SSSR count). The van der Waals surface area contributed by atoms with E-state index in [0.29, 0.717) is 17.4 Å². The zero-order chi connectivity index (χ0) is 57.6. The van der Waals surface area contributed by atoms with Crippen LogP contribution in [-0.4, -0.2) is 87.4 Å². The lowest BCUT2D eigenvalue weighted by atomic mass is 10.0. The highest BCUT2D eigenvalue weighted by Gasteiger charge is 2.25. The molecule has 0 aromatic rings. The largest absolute Gasteiger partial charge is 0.477 e. The van der Waals surface area contributed by atoms with Crippen LogP contribution in [0.4, 0.5) is 0 Å². The number of rotatable bonds is 65. The number of carbonyl (C=O) groups excluding carboxylic acids is 2. The summed E-state index contributed by atoms with van der Waals surface area (Å²) >= 11 is 0. The van der Waals surface area contributed by atoms with Crippen molar-refractivity contribution in [1.29, 1.82) is 0 Å². The molecule has 0 aliphatic rings. The number of carbonyl (C=O) groups is 3. The molecule has 0 radical (unpaired) electrons. The second-order valence-electron chi connectivity index (χ2n) is 24.8. The third-order valence-electron chi connectivity index (χ3n) is 15.7. The third-order valence-corrected chi connectivity index (χ3v) is 15.7. The lowest BCUT2D eigenvalue weighted by Crippen LogP contribution is -2.40. The summed E-state index contributed by atoms with van der Waals surface area (Å²) in [7, 11) is 5.99. The molecule has 0 spiro atoms. The Hall–Kier alpha value is -2.23. The van der Waals surface area contributed by atoms with Crippen molar-refractivity contribution in [3.63, 3.8) is 0 Å². The molecule has 1 N–H and O–H groups in total. The number of carboxylic acids is 1. The Kier molecular flexibility index (Phi) is 60.1. The van der Waals surface area contributed by atoms with Gasteiger partial charge >= 0.3 is 17.9 Å². The highest BCUT2D eigenvalue weighted by atomic mass is 16.7. The van der Waals surface area contributed by atoms with Gasteiger partial charge in [-0.05, 0) is 64.2 Å². The van der Waals surface area contributed by atoms with Gasteiger partial charge in [0, 0.05) is 12.8 Å². The Balaban J connectivity index is 4.01. The van der Waals surface area contributed by atoms with Crippen LogP contribution in [0.5, 0.6) is 0 Å². The predicted molar refractivity (Wildman–Crippen MR) is 337 cm³/mol. The van der Waals surface area contributed by atoms with E-state index in [2.05, 4.69) is 38.2 Å². The van der Waals surface area contributed by atoms with Crippen molar-refractivity contribution >= 4 is 17.9 Å². The molecule has 0 aliphatic carbocycles. The van der Waals surface area contributed by atoms with Crippen molar-refractivity contribution in [3.05, 3.63) is 24.3 Å². The van der Waals surface area contributed by atoms with E-state index in [1.54, 1.807) is 0 Å². The van der Waals surface area contributed by atoms with Gasteiger partial charge in [-0.15, -0.1) is 0 Å². The molecule has 0 amide bonds. The molecule has 0 heterocycles. The highest BCUT2D eigenvalue weighted by molar-refractivity contribution is 5.71. The van der Waals surface area contributed by atoms with Crippen LogP contribution in [0.15, 0.2) is 24.3 Å². The minimum atomic E-state index is -1.51. The van der Waals surface area contributed by atoms with Crippen molar-refractivity contribution in [2.24, 2.45) is 0 Å². The van der Waals surface area contributed by atoms with Crippen molar-refractivity contribution in [2.45, 2.75) is 360 Å². The van der Waals surface area contributed by atoms with Gasteiger partial charge in [0.15, 0.2) is 6.10 Å². The number of carboxylic acid groups (broad SMARTS) is 1. The second-order valence-corrected chi connectivity index (χ2v) is 24.8. The topological polar surface area (TPSA) is 108 Å². The van der Waals surface area contributed by atoms with Gasteiger partial charge in [0.1, 0.15) is 13.2 Å². The SMILES string of the molecule is CCCCCCCC/C=C\CCCCCCCCCCCC(=O)OCC(COC(OCC[N+](C)(C)C)C(=O)O)OC(=O)CCCCCCCCCCCCCCCCCCCCCCCCC/C=C\CCCCCCCCCC. The predicted octanol–water partition coefficient (Wildman–Crippen LogP) is 21.0. The molecular formula is C70H134NO8+. The van der Waals surface area contributed by atoms with E-state index < -0.39 is 18.4 Å². The van der Waals surface area contributed by atoms with E-state index in [9.17, 15) is 19.5 Å². The zero-order valence-corrected chi connectivity index (χ0v) is 53.3. The number of likely N-dealkylation sites (N-methyl/N-ethyl adjacent to an activating group) is 1. The molecule has 0 aromatic carbocycles. The fourth-order valence-corrected chi connectivity index (χ4v) is 10.4. The normalized spacial score (nSPS) is 12.8. The smallest absolute Gasteiger partial charge is 0.361 e. The number of aliphatic carboxylic acids is 1. The molecular weight excluding hydrogens is 983 g/mol. The van der Waals surface area contributed by atoms with E-state index in [4.69, 9.17) is 18.9 Å². The van der Waals surface area contributed by atoms with Crippen LogP contribution in [0.3, 0.4) is 0 Å². The number of hydrogen-bond donors (Lipinski definition) is 1. The fourth-order valence-electron chi connectivity index (χ4n) is 10.4. The molecule has 2 unspecified atom stereocenters. The lowest BCUT2D eigenvalue weighted by molar-refractivity contribution is -0.870. The van der Waals surface area contributed by atoms with Crippen molar-refractivity contribution in [2.75, 3.05) is 47.5 Å². The Labute approximate surface area is 490 Å². The maximum atomic E-state index is 12.9. The van der Waals surface area contributed by atoms with Gasteiger partial charge in [-0.3, -0.25) is 9.59 Å². The summed E-state index contributed by atoms with van der Waals surface area (Å²) in [6, 6.07) is 0. The standard InChI is InChI=1S/C70H133NO8/c1-6-8-10-12-14-16-18-20-22-24-26-27-28-29-30-31-32-33-34-35-36-37-38-39-40-41-43-45-47-49-51-53-55-57-59-61-68(73)79-66(65-78-70(69(74)75)76-63-62-71(3,4)5)64-77-67(72)60-58-56-54-52-50-48-46-44-42-25-23-21-19-17-15-13-11-9-7-2/h21,23-24,26,66,70H,6-20,22,25,27-65H2,1-5H3/p+1/b23-21-,26-24-. The summed E-state index contributed by atoms with van der Waals surface area (Å²) < 4.78 is 23.0. The first-order valence-corrected chi connectivity index (χ1v) is 34.5. The Morgan fingerprint density at radius 2 is 0.646 bits per heavy atom. The van der Waals surface area contributed by atoms with Crippen LogP contribution < -0.4 is 0 Å². The third kappa shape index (κ3) is 63.2. The van der Waals surface area contributed by atoms with Crippen LogP contribution in [0, 0.1) is 0 Å². The van der Waals surface area contributed by atoms with E-state index in [0.717, 1.165) is 38.5 Å². The molecule has 79 heavy (non-hydrogen) atoms. The summed E-state index contributed by atoms with van der Waals surface area (Å²) in [5.74, 6) is -1.98. The summed E-state index contributed by atoms with van der Waals surface area (Å²) in [6.07, 6.45) is 73.0.